The number of aromatic nitrogens is 2. The van der Waals surface area contributed by atoms with Gasteiger partial charge in [-0.2, -0.15) is 0 Å². The zero-order chi connectivity index (χ0) is 11.4. The Morgan fingerprint density at radius 3 is 2.75 bits per heavy atom. The third-order valence-electron chi connectivity index (χ3n) is 2.37. The van der Waals surface area contributed by atoms with Gasteiger partial charge in [0.25, 0.3) is 0 Å². The lowest BCUT2D eigenvalue weighted by Gasteiger charge is -2.09. The van der Waals surface area contributed by atoms with Crippen LogP contribution in [0.2, 0.25) is 0 Å². The first-order valence-corrected chi connectivity index (χ1v) is 5.30. The number of aryl methyl sites for hydroxylation is 1. The Balaban J connectivity index is 1.91. The van der Waals surface area contributed by atoms with Gasteiger partial charge in [0, 0.05) is 18.9 Å². The molecule has 2 aromatic rings. The summed E-state index contributed by atoms with van der Waals surface area (Å²) in [6.07, 6.45) is 5.31. The van der Waals surface area contributed by atoms with Crippen LogP contribution in [0.5, 0.6) is 0 Å². The minimum atomic E-state index is 0.113. The molecule has 1 N–H and O–H groups in total. The summed E-state index contributed by atoms with van der Waals surface area (Å²) in [5.41, 5.74) is 1.20. The van der Waals surface area contributed by atoms with Crippen LogP contribution in [0.25, 0.3) is 0 Å². The molecule has 1 atom stereocenters. The fourth-order valence-corrected chi connectivity index (χ4v) is 1.43. The molecular formula is C12H15N3O. The zero-order valence-electron chi connectivity index (χ0n) is 9.47. The van der Waals surface area contributed by atoms with E-state index in [2.05, 4.69) is 15.3 Å². The van der Waals surface area contributed by atoms with Crippen LogP contribution >= 0.6 is 0 Å². The second-order valence-electron chi connectivity index (χ2n) is 3.77. The van der Waals surface area contributed by atoms with Crippen LogP contribution in [-0.2, 0) is 6.54 Å². The second-order valence-corrected chi connectivity index (χ2v) is 3.77. The Bertz CT molecular complexity index is 439. The summed E-state index contributed by atoms with van der Waals surface area (Å²) in [4.78, 5) is 8.16. The fraction of sp³-hybridized carbons (Fsp3) is 0.333. The van der Waals surface area contributed by atoms with Crippen LogP contribution in [0.3, 0.4) is 0 Å². The van der Waals surface area contributed by atoms with Gasteiger partial charge in [0.05, 0.1) is 12.2 Å². The first kappa shape index (κ1) is 10.8. The van der Waals surface area contributed by atoms with Crippen molar-refractivity contribution >= 4 is 0 Å². The molecule has 0 saturated carbocycles. The molecule has 2 rings (SSSR count). The molecule has 4 nitrogen and oxygen atoms in total. The molecule has 0 bridgehead atoms. The van der Waals surface area contributed by atoms with Crippen molar-refractivity contribution < 1.29 is 4.42 Å². The fourth-order valence-electron chi connectivity index (χ4n) is 1.43. The van der Waals surface area contributed by atoms with Crippen molar-refractivity contribution in [3.05, 3.63) is 47.9 Å². The molecule has 0 aliphatic heterocycles. The van der Waals surface area contributed by atoms with Crippen molar-refractivity contribution in [1.29, 1.82) is 0 Å². The number of pyridine rings is 1. The van der Waals surface area contributed by atoms with Gasteiger partial charge >= 0.3 is 0 Å². The summed E-state index contributed by atoms with van der Waals surface area (Å²) in [5, 5.41) is 3.34. The molecule has 84 valence electrons. The number of nitrogens with one attached hydrogen (secondary N) is 1. The van der Waals surface area contributed by atoms with Gasteiger partial charge in [0.2, 0.25) is 5.89 Å². The molecule has 2 heterocycles. The molecule has 0 fully saturated rings. The van der Waals surface area contributed by atoms with Crippen LogP contribution in [-0.4, -0.2) is 9.97 Å². The maximum Gasteiger partial charge on any atom is 0.211 e. The quantitative estimate of drug-likeness (QED) is 0.853. The molecule has 0 amide bonds. The average Bonchev–Trinajstić information content (AvgIpc) is 2.74. The largest absolute Gasteiger partial charge is 0.444 e. The smallest absolute Gasteiger partial charge is 0.211 e. The molecule has 2 aromatic heterocycles. The van der Waals surface area contributed by atoms with Crippen molar-refractivity contribution in [3.63, 3.8) is 0 Å². The summed E-state index contributed by atoms with van der Waals surface area (Å²) in [7, 11) is 0. The average molecular weight is 217 g/mol. The minimum absolute atomic E-state index is 0.113. The van der Waals surface area contributed by atoms with E-state index in [0.29, 0.717) is 0 Å². The molecule has 0 aliphatic carbocycles. The second kappa shape index (κ2) is 4.90. The highest BCUT2D eigenvalue weighted by atomic mass is 16.4. The number of nitrogens with zero attached hydrogens (tertiary/aromatic N) is 2. The van der Waals surface area contributed by atoms with Gasteiger partial charge in [0.15, 0.2) is 0 Å². The standard InChI is InChI=1S/C12H15N3O/c1-9-7-15-12(16-9)10(2)14-8-11-3-5-13-6-4-11/h3-7,10,14H,8H2,1-2H3. The normalized spacial score (nSPS) is 12.6. The predicted octanol–water partition coefficient (Wildman–Crippen LogP) is 2.23. The van der Waals surface area contributed by atoms with E-state index in [0.717, 1.165) is 18.2 Å². The van der Waals surface area contributed by atoms with E-state index in [1.165, 1.54) is 5.56 Å². The van der Waals surface area contributed by atoms with Crippen LogP contribution in [0.4, 0.5) is 0 Å². The van der Waals surface area contributed by atoms with Gasteiger partial charge in [-0.1, -0.05) is 0 Å². The molecule has 4 heteroatoms. The van der Waals surface area contributed by atoms with Gasteiger partial charge in [-0.25, -0.2) is 4.98 Å². The molecule has 0 saturated heterocycles. The van der Waals surface area contributed by atoms with E-state index in [-0.39, 0.29) is 6.04 Å². The maximum atomic E-state index is 5.45. The van der Waals surface area contributed by atoms with Gasteiger partial charge in [-0.3, -0.25) is 4.98 Å². The SMILES string of the molecule is Cc1cnc(C(C)NCc2ccncc2)o1. The van der Waals surface area contributed by atoms with Crippen LogP contribution in [0.15, 0.2) is 35.1 Å². The Kier molecular flexibility index (Phi) is 3.31. The summed E-state index contributed by atoms with van der Waals surface area (Å²) in [6.45, 7) is 4.71. The summed E-state index contributed by atoms with van der Waals surface area (Å²) >= 11 is 0. The highest BCUT2D eigenvalue weighted by molar-refractivity contribution is 5.09. The Labute approximate surface area is 94.7 Å². The molecule has 1 unspecified atom stereocenters. The lowest BCUT2D eigenvalue weighted by Crippen LogP contribution is -2.18. The Hall–Kier alpha value is -1.68. The van der Waals surface area contributed by atoms with Gasteiger partial charge in [-0.15, -0.1) is 0 Å². The van der Waals surface area contributed by atoms with Crippen LogP contribution < -0.4 is 5.32 Å². The van der Waals surface area contributed by atoms with Crippen molar-refractivity contribution in [2.45, 2.75) is 26.4 Å². The minimum Gasteiger partial charge on any atom is -0.444 e. The highest BCUT2D eigenvalue weighted by Gasteiger charge is 2.10. The van der Waals surface area contributed by atoms with Crippen molar-refractivity contribution in [3.8, 4) is 0 Å². The van der Waals surface area contributed by atoms with Gasteiger partial charge in [-0.05, 0) is 31.5 Å². The number of oxazole rings is 1. The first-order valence-electron chi connectivity index (χ1n) is 5.30. The lowest BCUT2D eigenvalue weighted by atomic mass is 10.2. The molecule has 16 heavy (non-hydrogen) atoms. The monoisotopic (exact) mass is 217 g/mol. The first-order chi connectivity index (χ1) is 7.75. The molecule has 0 aliphatic rings. The lowest BCUT2D eigenvalue weighted by molar-refractivity contribution is 0.402. The molecule has 0 aromatic carbocycles. The van der Waals surface area contributed by atoms with Crippen molar-refractivity contribution in [2.24, 2.45) is 0 Å². The third kappa shape index (κ3) is 2.67. The van der Waals surface area contributed by atoms with Gasteiger partial charge < -0.3 is 9.73 Å². The van der Waals surface area contributed by atoms with E-state index in [9.17, 15) is 0 Å². The van der Waals surface area contributed by atoms with Crippen LogP contribution in [0.1, 0.15) is 30.2 Å². The number of rotatable bonds is 4. The van der Waals surface area contributed by atoms with Gasteiger partial charge in [0.1, 0.15) is 5.76 Å². The van der Waals surface area contributed by atoms with Crippen molar-refractivity contribution in [1.82, 2.24) is 15.3 Å². The van der Waals surface area contributed by atoms with E-state index >= 15 is 0 Å². The highest BCUT2D eigenvalue weighted by Crippen LogP contribution is 2.12. The topological polar surface area (TPSA) is 51.0 Å². The third-order valence-corrected chi connectivity index (χ3v) is 2.37. The molecular weight excluding hydrogens is 202 g/mol. The predicted molar refractivity (Wildman–Crippen MR) is 60.7 cm³/mol. The van der Waals surface area contributed by atoms with Crippen molar-refractivity contribution in [2.75, 3.05) is 0 Å². The Morgan fingerprint density at radius 2 is 2.12 bits per heavy atom. The Morgan fingerprint density at radius 1 is 1.38 bits per heavy atom. The van der Waals surface area contributed by atoms with E-state index < -0.39 is 0 Å². The van der Waals surface area contributed by atoms with E-state index in [1.807, 2.05) is 26.0 Å². The number of hydrogen-bond donors (Lipinski definition) is 1. The summed E-state index contributed by atoms with van der Waals surface area (Å²) < 4.78 is 5.45. The summed E-state index contributed by atoms with van der Waals surface area (Å²) in [5.74, 6) is 1.57. The number of hydrogen-bond acceptors (Lipinski definition) is 4. The molecule has 0 spiro atoms. The maximum absolute atomic E-state index is 5.45. The van der Waals surface area contributed by atoms with Crippen LogP contribution in [0, 0.1) is 6.92 Å². The zero-order valence-corrected chi connectivity index (χ0v) is 9.47. The van der Waals surface area contributed by atoms with E-state index in [1.54, 1.807) is 18.6 Å². The van der Waals surface area contributed by atoms with E-state index in [4.69, 9.17) is 4.42 Å². The summed E-state index contributed by atoms with van der Waals surface area (Å²) in [6, 6.07) is 4.09. The molecule has 0 radical (unpaired) electrons.